The molecule has 2 aromatic heterocycles. The van der Waals surface area contributed by atoms with Crippen molar-refractivity contribution in [1.82, 2.24) is 19.9 Å². The van der Waals surface area contributed by atoms with Gasteiger partial charge in [0.05, 0.1) is 11.7 Å². The van der Waals surface area contributed by atoms with Crippen LogP contribution in [-0.2, 0) is 13.0 Å². The minimum absolute atomic E-state index is 0.0398. The van der Waals surface area contributed by atoms with Crippen LogP contribution < -0.4 is 16.2 Å². The lowest BCUT2D eigenvalue weighted by Crippen LogP contribution is -2.23. The first-order valence-electron chi connectivity index (χ1n) is 10.9. The van der Waals surface area contributed by atoms with Gasteiger partial charge in [-0.05, 0) is 68.3 Å². The van der Waals surface area contributed by atoms with Crippen molar-refractivity contribution in [1.29, 1.82) is 0 Å². The van der Waals surface area contributed by atoms with Crippen LogP contribution in [0.4, 0.5) is 20.4 Å². The number of pyridine rings is 1. The molecule has 1 aliphatic rings. The maximum Gasteiger partial charge on any atom is 0.251 e. The first-order chi connectivity index (χ1) is 15.9. The number of anilines is 2. The fourth-order valence-corrected chi connectivity index (χ4v) is 4.30. The Morgan fingerprint density at radius 1 is 1.06 bits per heavy atom. The van der Waals surface area contributed by atoms with E-state index in [1.54, 1.807) is 6.07 Å². The van der Waals surface area contributed by atoms with Gasteiger partial charge in [-0.25, -0.2) is 18.7 Å². The van der Waals surface area contributed by atoms with E-state index >= 15 is 0 Å². The van der Waals surface area contributed by atoms with Gasteiger partial charge in [0.25, 0.3) is 5.56 Å². The van der Waals surface area contributed by atoms with Crippen molar-refractivity contribution in [2.75, 3.05) is 11.9 Å². The van der Waals surface area contributed by atoms with Crippen molar-refractivity contribution in [3.05, 3.63) is 81.8 Å². The molecule has 1 aliphatic heterocycles. The third-order valence-corrected chi connectivity index (χ3v) is 5.88. The number of nitrogens with one attached hydrogen (secondary N) is 2. The summed E-state index contributed by atoms with van der Waals surface area (Å²) in [6.45, 7) is 5.44. The number of halogens is 2. The summed E-state index contributed by atoms with van der Waals surface area (Å²) >= 11 is 0. The van der Waals surface area contributed by atoms with Gasteiger partial charge in [0.2, 0.25) is 5.95 Å². The zero-order valence-corrected chi connectivity index (χ0v) is 18.3. The lowest BCUT2D eigenvalue weighted by molar-refractivity contribution is 0.596. The molecular weight excluding hydrogens is 424 g/mol. The van der Waals surface area contributed by atoms with Crippen LogP contribution in [0.5, 0.6) is 0 Å². The summed E-state index contributed by atoms with van der Waals surface area (Å²) in [5, 5.41) is 6.75. The van der Waals surface area contributed by atoms with Crippen LogP contribution in [0.25, 0.3) is 22.2 Å². The molecule has 3 heterocycles. The van der Waals surface area contributed by atoms with Gasteiger partial charge >= 0.3 is 0 Å². The molecule has 5 rings (SSSR count). The normalized spacial score (nSPS) is 13.4. The average molecular weight is 447 g/mol. The molecule has 0 aliphatic carbocycles. The summed E-state index contributed by atoms with van der Waals surface area (Å²) in [4.78, 5) is 20.8. The van der Waals surface area contributed by atoms with E-state index in [9.17, 15) is 13.6 Å². The van der Waals surface area contributed by atoms with Gasteiger partial charge in [-0.2, -0.15) is 0 Å². The van der Waals surface area contributed by atoms with Gasteiger partial charge in [0.15, 0.2) is 5.82 Å². The Kier molecular flexibility index (Phi) is 5.38. The SMILES string of the molecule is CC(C)n1c(=O)ccc2c(F)cc(-c3nc(Nc4ccc5c(c4)CCNC5)ncc3F)cc21. The standard InChI is InChI=1S/C25H23F2N5O/c1-14(2)32-22-11-17(10-20(26)19(22)5-6-23(32)33)24-21(27)13-29-25(31-24)30-18-4-3-16-12-28-8-7-15(16)9-18/h3-6,9-11,13-14,28H,7-8,12H2,1-2H3,(H,29,30,31). The third-order valence-electron chi connectivity index (χ3n) is 5.88. The summed E-state index contributed by atoms with van der Waals surface area (Å²) in [5.41, 5.74) is 3.62. The van der Waals surface area contributed by atoms with E-state index in [1.165, 1.54) is 33.9 Å². The predicted octanol–water partition coefficient (Wildman–Crippen LogP) is 4.71. The first-order valence-corrected chi connectivity index (χ1v) is 10.9. The van der Waals surface area contributed by atoms with E-state index in [0.717, 1.165) is 31.4 Å². The van der Waals surface area contributed by atoms with Crippen LogP contribution >= 0.6 is 0 Å². The van der Waals surface area contributed by atoms with Gasteiger partial charge < -0.3 is 15.2 Å². The van der Waals surface area contributed by atoms with E-state index in [4.69, 9.17) is 0 Å². The van der Waals surface area contributed by atoms with Crippen molar-refractivity contribution in [3.63, 3.8) is 0 Å². The molecule has 2 aromatic carbocycles. The Morgan fingerprint density at radius 2 is 1.91 bits per heavy atom. The second-order valence-electron chi connectivity index (χ2n) is 8.45. The van der Waals surface area contributed by atoms with E-state index in [2.05, 4.69) is 20.6 Å². The molecule has 168 valence electrons. The Morgan fingerprint density at radius 3 is 2.73 bits per heavy atom. The summed E-state index contributed by atoms with van der Waals surface area (Å²) in [6, 6.07) is 11.4. The van der Waals surface area contributed by atoms with Crippen molar-refractivity contribution < 1.29 is 8.78 Å². The van der Waals surface area contributed by atoms with E-state index in [0.29, 0.717) is 10.9 Å². The summed E-state index contributed by atoms with van der Waals surface area (Å²) < 4.78 is 31.2. The smallest absolute Gasteiger partial charge is 0.251 e. The molecule has 0 bridgehead atoms. The predicted molar refractivity (Wildman–Crippen MR) is 125 cm³/mol. The van der Waals surface area contributed by atoms with Crippen molar-refractivity contribution >= 4 is 22.5 Å². The van der Waals surface area contributed by atoms with Crippen molar-refractivity contribution in [2.45, 2.75) is 32.9 Å². The highest BCUT2D eigenvalue weighted by Crippen LogP contribution is 2.29. The summed E-state index contributed by atoms with van der Waals surface area (Å²) in [6.07, 6.45) is 1.99. The number of rotatable bonds is 4. The maximum absolute atomic E-state index is 14.9. The molecule has 4 aromatic rings. The molecule has 33 heavy (non-hydrogen) atoms. The molecular formula is C25H23F2N5O. The quantitative estimate of drug-likeness (QED) is 0.474. The largest absolute Gasteiger partial charge is 0.324 e. The second-order valence-corrected chi connectivity index (χ2v) is 8.45. The number of nitrogens with zero attached hydrogens (tertiary/aromatic N) is 3. The Hall–Kier alpha value is -3.65. The Bertz CT molecular complexity index is 1430. The molecule has 2 N–H and O–H groups in total. The lowest BCUT2D eigenvalue weighted by Gasteiger charge is -2.18. The van der Waals surface area contributed by atoms with Gasteiger partial charge in [-0.15, -0.1) is 0 Å². The topological polar surface area (TPSA) is 71.8 Å². The van der Waals surface area contributed by atoms with E-state index in [1.807, 2.05) is 32.0 Å². The van der Waals surface area contributed by atoms with Gasteiger partial charge in [-0.3, -0.25) is 4.79 Å². The maximum atomic E-state index is 14.9. The van der Waals surface area contributed by atoms with E-state index < -0.39 is 11.6 Å². The fraction of sp³-hybridized carbons (Fsp3) is 0.240. The zero-order chi connectivity index (χ0) is 23.1. The van der Waals surface area contributed by atoms with Crippen molar-refractivity contribution in [2.24, 2.45) is 0 Å². The molecule has 0 saturated heterocycles. The molecule has 0 atom stereocenters. The Balaban J connectivity index is 1.57. The van der Waals surface area contributed by atoms with Gasteiger partial charge in [0, 0.05) is 35.3 Å². The summed E-state index contributed by atoms with van der Waals surface area (Å²) in [5.74, 6) is -1.02. The highest BCUT2D eigenvalue weighted by Gasteiger charge is 2.16. The summed E-state index contributed by atoms with van der Waals surface area (Å²) in [7, 11) is 0. The zero-order valence-electron chi connectivity index (χ0n) is 18.3. The number of hydrogen-bond donors (Lipinski definition) is 2. The van der Waals surface area contributed by atoms with Crippen LogP contribution in [-0.4, -0.2) is 21.1 Å². The molecule has 8 heteroatoms. The number of benzene rings is 2. The van der Waals surface area contributed by atoms with Crippen LogP contribution in [0.2, 0.25) is 0 Å². The minimum atomic E-state index is -0.676. The van der Waals surface area contributed by atoms with Crippen molar-refractivity contribution in [3.8, 4) is 11.3 Å². The number of fused-ring (bicyclic) bond motifs is 2. The van der Waals surface area contributed by atoms with Gasteiger partial charge in [0.1, 0.15) is 11.5 Å². The highest BCUT2D eigenvalue weighted by atomic mass is 19.1. The molecule has 0 spiro atoms. The molecule has 0 fully saturated rings. The number of aromatic nitrogens is 3. The van der Waals surface area contributed by atoms with Crippen LogP contribution in [0.3, 0.4) is 0 Å². The third kappa shape index (κ3) is 3.98. The van der Waals surface area contributed by atoms with Crippen LogP contribution in [0.1, 0.15) is 31.0 Å². The lowest BCUT2D eigenvalue weighted by atomic mass is 10.0. The molecule has 0 radical (unpaired) electrons. The highest BCUT2D eigenvalue weighted by molar-refractivity contribution is 5.85. The number of hydrogen-bond acceptors (Lipinski definition) is 5. The molecule has 0 amide bonds. The minimum Gasteiger partial charge on any atom is -0.324 e. The van der Waals surface area contributed by atoms with Crippen LogP contribution in [0, 0.1) is 11.6 Å². The molecule has 6 nitrogen and oxygen atoms in total. The second kappa shape index (κ2) is 8.37. The fourth-order valence-electron chi connectivity index (χ4n) is 4.30. The van der Waals surface area contributed by atoms with Gasteiger partial charge in [-0.1, -0.05) is 6.07 Å². The molecule has 0 unspecified atom stereocenters. The first kappa shape index (κ1) is 21.2. The van der Waals surface area contributed by atoms with E-state index in [-0.39, 0.29) is 28.8 Å². The average Bonchev–Trinajstić information content (AvgIpc) is 2.79. The molecule has 0 saturated carbocycles. The van der Waals surface area contributed by atoms with Crippen LogP contribution in [0.15, 0.2) is 53.5 Å². The Labute approximate surface area is 189 Å². The monoisotopic (exact) mass is 447 g/mol.